The fourth-order valence-corrected chi connectivity index (χ4v) is 1.05. The molecule has 0 bridgehead atoms. The number of pyridine rings is 1. The molecule has 0 saturated carbocycles. The van der Waals surface area contributed by atoms with Gasteiger partial charge in [0, 0.05) is 17.6 Å². The highest BCUT2D eigenvalue weighted by Crippen LogP contribution is 2.16. The van der Waals surface area contributed by atoms with E-state index in [0.29, 0.717) is 0 Å². The third-order valence-electron chi connectivity index (χ3n) is 1.59. The van der Waals surface area contributed by atoms with E-state index in [-0.39, 0.29) is 11.2 Å². The minimum Gasteiger partial charge on any atom is -0.508 e. The molecule has 0 spiro atoms. The number of rotatable bonds is 0. The van der Waals surface area contributed by atoms with Gasteiger partial charge in [0.05, 0.1) is 5.52 Å². The molecule has 2 aromatic rings. The number of hydrogen-bond acceptors (Lipinski definition) is 2. The average molecular weight is 163 g/mol. The first-order chi connectivity index (χ1) is 5.36. The summed E-state index contributed by atoms with van der Waals surface area (Å²) in [4.78, 5) is 4.08. The summed E-state index contributed by atoms with van der Waals surface area (Å²) in [5.41, 5.74) is 0.826. The van der Waals surface area contributed by atoms with E-state index in [0.717, 1.165) is 10.9 Å². The standard InChI is InChI=1S/C9H7NO.H2O/c11-8-4-3-7-2-1-5-10-9(7)6-8;/h1-6,11H;1H2. The monoisotopic (exact) mass is 163 g/mol. The number of phenols is 1. The smallest absolute Gasteiger partial charge is 0.117 e. The third kappa shape index (κ3) is 1.35. The lowest BCUT2D eigenvalue weighted by Gasteiger charge is -1.95. The van der Waals surface area contributed by atoms with Gasteiger partial charge in [0.15, 0.2) is 0 Å². The van der Waals surface area contributed by atoms with Crippen LogP contribution in [0.15, 0.2) is 36.5 Å². The Bertz CT molecular complexity index is 387. The second-order valence-corrected chi connectivity index (χ2v) is 2.38. The Hall–Kier alpha value is -1.61. The Balaban J connectivity index is 0.000000720. The Labute approximate surface area is 69.6 Å². The number of hydrogen-bond donors (Lipinski definition) is 1. The first-order valence-corrected chi connectivity index (χ1v) is 3.40. The highest BCUT2D eigenvalue weighted by Gasteiger charge is 1.92. The molecule has 0 fully saturated rings. The van der Waals surface area contributed by atoms with Crippen molar-refractivity contribution in [3.63, 3.8) is 0 Å². The zero-order chi connectivity index (χ0) is 7.68. The van der Waals surface area contributed by atoms with Crippen LogP contribution in [0.1, 0.15) is 0 Å². The molecule has 3 nitrogen and oxygen atoms in total. The zero-order valence-corrected chi connectivity index (χ0v) is 6.36. The second-order valence-electron chi connectivity index (χ2n) is 2.38. The van der Waals surface area contributed by atoms with Gasteiger partial charge in [-0.25, -0.2) is 0 Å². The normalized spacial score (nSPS) is 9.33. The van der Waals surface area contributed by atoms with Crippen molar-refractivity contribution >= 4 is 10.9 Å². The van der Waals surface area contributed by atoms with Gasteiger partial charge in [-0.1, -0.05) is 6.07 Å². The van der Waals surface area contributed by atoms with Crippen LogP contribution in [0.25, 0.3) is 10.9 Å². The van der Waals surface area contributed by atoms with Crippen molar-refractivity contribution in [2.75, 3.05) is 0 Å². The van der Waals surface area contributed by atoms with Crippen LogP contribution in [-0.4, -0.2) is 15.6 Å². The molecule has 0 radical (unpaired) electrons. The van der Waals surface area contributed by atoms with Crippen LogP contribution < -0.4 is 0 Å². The molecule has 1 aromatic carbocycles. The predicted octanol–water partition coefficient (Wildman–Crippen LogP) is 1.12. The lowest BCUT2D eigenvalue weighted by molar-refractivity contribution is 0.476. The highest BCUT2D eigenvalue weighted by atomic mass is 16.3. The first-order valence-electron chi connectivity index (χ1n) is 3.40. The molecule has 0 amide bonds. The molecule has 0 saturated heterocycles. The predicted molar refractivity (Wildman–Crippen MR) is 47.0 cm³/mol. The summed E-state index contributed by atoms with van der Waals surface area (Å²) in [6.45, 7) is 0. The Morgan fingerprint density at radius 3 is 2.83 bits per heavy atom. The molecule has 1 heterocycles. The van der Waals surface area contributed by atoms with Crippen molar-refractivity contribution in [2.45, 2.75) is 0 Å². The van der Waals surface area contributed by atoms with Gasteiger partial charge in [0.1, 0.15) is 5.75 Å². The molecule has 0 unspecified atom stereocenters. The molecule has 0 atom stereocenters. The van der Waals surface area contributed by atoms with E-state index in [1.807, 2.05) is 18.2 Å². The van der Waals surface area contributed by atoms with Crippen molar-refractivity contribution in [1.29, 1.82) is 0 Å². The molecule has 0 aliphatic heterocycles. The summed E-state index contributed by atoms with van der Waals surface area (Å²) < 4.78 is 0. The van der Waals surface area contributed by atoms with Gasteiger partial charge in [-0.05, 0) is 18.2 Å². The van der Waals surface area contributed by atoms with Gasteiger partial charge in [-0.2, -0.15) is 0 Å². The molecular formula is C9H9NO2. The van der Waals surface area contributed by atoms with Crippen molar-refractivity contribution in [3.05, 3.63) is 36.5 Å². The minimum atomic E-state index is 0. The van der Waals surface area contributed by atoms with E-state index in [9.17, 15) is 0 Å². The second kappa shape index (κ2) is 3.19. The Morgan fingerprint density at radius 1 is 1.17 bits per heavy atom. The number of fused-ring (bicyclic) bond motifs is 1. The van der Waals surface area contributed by atoms with E-state index in [2.05, 4.69) is 4.98 Å². The molecule has 3 N–H and O–H groups in total. The van der Waals surface area contributed by atoms with E-state index >= 15 is 0 Å². The van der Waals surface area contributed by atoms with Gasteiger partial charge in [-0.3, -0.25) is 4.98 Å². The maximum Gasteiger partial charge on any atom is 0.117 e. The SMILES string of the molecule is O.Oc1ccc2cccnc2c1. The van der Waals surface area contributed by atoms with Crippen LogP contribution in [0.2, 0.25) is 0 Å². The molecular weight excluding hydrogens is 154 g/mol. The molecule has 2 rings (SSSR count). The lowest BCUT2D eigenvalue weighted by atomic mass is 10.2. The van der Waals surface area contributed by atoms with E-state index in [1.54, 1.807) is 18.3 Å². The molecule has 0 aliphatic carbocycles. The maximum atomic E-state index is 9.09. The van der Waals surface area contributed by atoms with Crippen LogP contribution in [0.4, 0.5) is 0 Å². The van der Waals surface area contributed by atoms with Gasteiger partial charge in [0.2, 0.25) is 0 Å². The van der Waals surface area contributed by atoms with Crippen molar-refractivity contribution < 1.29 is 10.6 Å². The summed E-state index contributed by atoms with van der Waals surface area (Å²) in [5, 5.41) is 10.1. The van der Waals surface area contributed by atoms with Crippen LogP contribution >= 0.6 is 0 Å². The van der Waals surface area contributed by atoms with Crippen LogP contribution in [-0.2, 0) is 0 Å². The largest absolute Gasteiger partial charge is 0.508 e. The summed E-state index contributed by atoms with van der Waals surface area (Å²) >= 11 is 0. The summed E-state index contributed by atoms with van der Waals surface area (Å²) in [6.07, 6.45) is 1.71. The highest BCUT2D eigenvalue weighted by molar-refractivity contribution is 5.79. The Kier molecular flexibility index (Phi) is 2.26. The average Bonchev–Trinajstić information content (AvgIpc) is 2.04. The van der Waals surface area contributed by atoms with Crippen molar-refractivity contribution in [3.8, 4) is 5.75 Å². The van der Waals surface area contributed by atoms with Crippen LogP contribution in [0, 0.1) is 0 Å². The summed E-state index contributed by atoms with van der Waals surface area (Å²) in [6, 6.07) is 8.98. The van der Waals surface area contributed by atoms with Gasteiger partial charge < -0.3 is 10.6 Å². The van der Waals surface area contributed by atoms with Crippen molar-refractivity contribution in [2.24, 2.45) is 0 Å². The number of phenolic OH excluding ortho intramolecular Hbond substituents is 1. The number of aromatic nitrogens is 1. The van der Waals surface area contributed by atoms with Crippen LogP contribution in [0.3, 0.4) is 0 Å². The third-order valence-corrected chi connectivity index (χ3v) is 1.59. The minimum absolute atomic E-state index is 0. The number of nitrogens with zero attached hydrogens (tertiary/aromatic N) is 1. The lowest BCUT2D eigenvalue weighted by Crippen LogP contribution is -1.75. The fraction of sp³-hybridized carbons (Fsp3) is 0. The molecule has 3 heteroatoms. The van der Waals surface area contributed by atoms with Gasteiger partial charge in [-0.15, -0.1) is 0 Å². The zero-order valence-electron chi connectivity index (χ0n) is 6.36. The van der Waals surface area contributed by atoms with E-state index in [1.165, 1.54) is 0 Å². The maximum absolute atomic E-state index is 9.09. The summed E-state index contributed by atoms with van der Waals surface area (Å²) in [7, 11) is 0. The summed E-state index contributed by atoms with van der Waals surface area (Å²) in [5.74, 6) is 0.260. The number of benzene rings is 1. The molecule has 0 aliphatic rings. The fourth-order valence-electron chi connectivity index (χ4n) is 1.05. The number of aromatic hydroxyl groups is 1. The quantitative estimate of drug-likeness (QED) is 0.632. The van der Waals surface area contributed by atoms with Gasteiger partial charge >= 0.3 is 0 Å². The topological polar surface area (TPSA) is 64.6 Å². The molecule has 12 heavy (non-hydrogen) atoms. The first kappa shape index (κ1) is 8.49. The van der Waals surface area contributed by atoms with Crippen molar-refractivity contribution in [1.82, 2.24) is 4.98 Å². The van der Waals surface area contributed by atoms with Gasteiger partial charge in [0.25, 0.3) is 0 Å². The Morgan fingerprint density at radius 2 is 2.00 bits per heavy atom. The van der Waals surface area contributed by atoms with Crippen LogP contribution in [0.5, 0.6) is 5.75 Å². The van der Waals surface area contributed by atoms with E-state index < -0.39 is 0 Å². The molecule has 1 aromatic heterocycles. The van der Waals surface area contributed by atoms with E-state index in [4.69, 9.17) is 5.11 Å². The molecule has 62 valence electrons.